The fourth-order valence-electron chi connectivity index (χ4n) is 3.01. The number of carbonyl (C=O) groups excluding carboxylic acids is 1. The van der Waals surface area contributed by atoms with Gasteiger partial charge in [0.25, 0.3) is 5.91 Å². The summed E-state index contributed by atoms with van der Waals surface area (Å²) in [6.07, 6.45) is 2.96. The standard InChI is InChI=1S/C23H20N6O3S/c1-14(2)29-13-25-28-21(29)18-7-4-8-19(26-18)27-22(30)15-5-3-6-17(11-15)33-20-10-9-16(12-24-20)23(31)32/h3-14H,1-2H3,(H,31,32)(H,26,27,30). The lowest BCUT2D eigenvalue weighted by atomic mass is 10.2. The second-order valence-electron chi connectivity index (χ2n) is 7.34. The average Bonchev–Trinajstić information content (AvgIpc) is 3.30. The third-order valence-corrected chi connectivity index (χ3v) is 5.59. The number of nitrogens with one attached hydrogen (secondary N) is 1. The van der Waals surface area contributed by atoms with E-state index in [0.29, 0.717) is 27.9 Å². The van der Waals surface area contributed by atoms with Crippen molar-refractivity contribution in [1.82, 2.24) is 24.7 Å². The lowest BCUT2D eigenvalue weighted by molar-refractivity contribution is 0.0696. The first kappa shape index (κ1) is 22.2. The summed E-state index contributed by atoms with van der Waals surface area (Å²) in [5.41, 5.74) is 1.19. The molecule has 0 unspecified atom stereocenters. The van der Waals surface area contributed by atoms with Crippen LogP contribution in [0.1, 0.15) is 40.6 Å². The summed E-state index contributed by atoms with van der Waals surface area (Å²) in [6.45, 7) is 4.05. The van der Waals surface area contributed by atoms with Crippen LogP contribution in [0.3, 0.4) is 0 Å². The second kappa shape index (κ2) is 9.61. The molecule has 3 heterocycles. The predicted octanol–water partition coefficient (Wildman–Crippen LogP) is 4.42. The molecule has 4 aromatic rings. The largest absolute Gasteiger partial charge is 0.478 e. The molecule has 3 aromatic heterocycles. The maximum atomic E-state index is 12.8. The van der Waals surface area contributed by atoms with Crippen molar-refractivity contribution in [3.8, 4) is 11.5 Å². The number of amides is 1. The van der Waals surface area contributed by atoms with E-state index in [0.717, 1.165) is 4.90 Å². The summed E-state index contributed by atoms with van der Waals surface area (Å²) in [5, 5.41) is 20.6. The summed E-state index contributed by atoms with van der Waals surface area (Å²) in [7, 11) is 0. The minimum Gasteiger partial charge on any atom is -0.478 e. The molecule has 0 bridgehead atoms. The fourth-order valence-corrected chi connectivity index (χ4v) is 3.83. The van der Waals surface area contributed by atoms with Crippen molar-refractivity contribution in [3.05, 3.63) is 78.2 Å². The van der Waals surface area contributed by atoms with Gasteiger partial charge < -0.3 is 15.0 Å². The number of pyridine rings is 2. The van der Waals surface area contributed by atoms with Crippen LogP contribution in [0.15, 0.2) is 77.0 Å². The van der Waals surface area contributed by atoms with Crippen molar-refractivity contribution in [2.75, 3.05) is 5.32 Å². The first-order chi connectivity index (χ1) is 15.9. The van der Waals surface area contributed by atoms with E-state index in [2.05, 4.69) is 25.5 Å². The van der Waals surface area contributed by atoms with E-state index in [1.54, 1.807) is 42.7 Å². The molecule has 4 rings (SSSR count). The normalized spacial score (nSPS) is 10.9. The molecule has 10 heteroatoms. The Morgan fingerprint density at radius 3 is 2.61 bits per heavy atom. The molecule has 0 aliphatic rings. The molecule has 0 saturated heterocycles. The van der Waals surface area contributed by atoms with Gasteiger partial charge in [-0.2, -0.15) is 0 Å². The van der Waals surface area contributed by atoms with Crippen molar-refractivity contribution >= 4 is 29.5 Å². The Balaban J connectivity index is 1.49. The third kappa shape index (κ3) is 5.24. The van der Waals surface area contributed by atoms with Crippen molar-refractivity contribution in [2.45, 2.75) is 29.8 Å². The Kier molecular flexibility index (Phi) is 6.45. The Morgan fingerprint density at radius 1 is 1.06 bits per heavy atom. The number of benzene rings is 1. The zero-order valence-corrected chi connectivity index (χ0v) is 18.7. The van der Waals surface area contributed by atoms with Crippen LogP contribution in [0.25, 0.3) is 11.5 Å². The van der Waals surface area contributed by atoms with Gasteiger partial charge in [-0.25, -0.2) is 14.8 Å². The number of hydrogen-bond donors (Lipinski definition) is 2. The Bertz CT molecular complexity index is 1300. The highest BCUT2D eigenvalue weighted by Gasteiger charge is 2.14. The topological polar surface area (TPSA) is 123 Å². The number of hydrogen-bond acceptors (Lipinski definition) is 7. The number of rotatable bonds is 7. The Hall–Kier alpha value is -4.05. The molecular formula is C23H20N6O3S. The minimum atomic E-state index is -1.03. The monoisotopic (exact) mass is 460 g/mol. The Morgan fingerprint density at radius 2 is 1.88 bits per heavy atom. The van der Waals surface area contributed by atoms with Gasteiger partial charge in [-0.3, -0.25) is 4.79 Å². The SMILES string of the molecule is CC(C)n1cnnc1-c1cccc(NC(=O)c2cccc(Sc3ccc(C(=O)O)cn3)c2)n1. The minimum absolute atomic E-state index is 0.119. The van der Waals surface area contributed by atoms with Crippen LogP contribution in [0.4, 0.5) is 5.82 Å². The number of carboxylic acids is 1. The lowest BCUT2D eigenvalue weighted by Gasteiger charge is -2.11. The zero-order chi connectivity index (χ0) is 23.4. The Labute approximate surface area is 193 Å². The molecule has 0 aliphatic heterocycles. The molecular weight excluding hydrogens is 440 g/mol. The van der Waals surface area contributed by atoms with Crippen LogP contribution < -0.4 is 5.32 Å². The number of nitrogens with zero attached hydrogens (tertiary/aromatic N) is 5. The first-order valence-corrected chi connectivity index (χ1v) is 10.9. The van der Waals surface area contributed by atoms with Gasteiger partial charge in [-0.1, -0.05) is 23.9 Å². The van der Waals surface area contributed by atoms with Crippen LogP contribution >= 0.6 is 11.8 Å². The molecule has 0 fully saturated rings. The summed E-state index contributed by atoms with van der Waals surface area (Å²) >= 11 is 1.33. The second-order valence-corrected chi connectivity index (χ2v) is 8.43. The van der Waals surface area contributed by atoms with Crippen LogP contribution in [0, 0.1) is 0 Å². The summed E-state index contributed by atoms with van der Waals surface area (Å²) in [5.74, 6) is -0.304. The van der Waals surface area contributed by atoms with Gasteiger partial charge in [0.15, 0.2) is 5.82 Å². The summed E-state index contributed by atoms with van der Waals surface area (Å²) in [4.78, 5) is 33.3. The quantitative estimate of drug-likeness (QED) is 0.416. The zero-order valence-electron chi connectivity index (χ0n) is 17.8. The number of aromatic nitrogens is 5. The number of carbonyl (C=O) groups is 2. The molecule has 0 atom stereocenters. The van der Waals surface area contributed by atoms with Crippen molar-refractivity contribution in [2.24, 2.45) is 0 Å². The van der Waals surface area contributed by atoms with Crippen LogP contribution in [0.2, 0.25) is 0 Å². The average molecular weight is 461 g/mol. The van der Waals surface area contributed by atoms with E-state index in [1.165, 1.54) is 24.0 Å². The maximum Gasteiger partial charge on any atom is 0.337 e. The van der Waals surface area contributed by atoms with Crippen LogP contribution in [-0.2, 0) is 0 Å². The fraction of sp³-hybridized carbons (Fsp3) is 0.130. The highest BCUT2D eigenvalue weighted by atomic mass is 32.2. The highest BCUT2D eigenvalue weighted by Crippen LogP contribution is 2.27. The van der Waals surface area contributed by atoms with Crippen LogP contribution in [-0.4, -0.2) is 41.7 Å². The van der Waals surface area contributed by atoms with E-state index >= 15 is 0 Å². The smallest absolute Gasteiger partial charge is 0.337 e. The molecule has 2 N–H and O–H groups in total. The third-order valence-electron chi connectivity index (χ3n) is 4.65. The summed E-state index contributed by atoms with van der Waals surface area (Å²) in [6, 6.07) is 15.7. The molecule has 33 heavy (non-hydrogen) atoms. The van der Waals surface area contributed by atoms with Gasteiger partial charge in [-0.15, -0.1) is 10.2 Å². The maximum absolute atomic E-state index is 12.8. The van der Waals surface area contributed by atoms with Crippen molar-refractivity contribution in [1.29, 1.82) is 0 Å². The molecule has 1 amide bonds. The van der Waals surface area contributed by atoms with Crippen molar-refractivity contribution in [3.63, 3.8) is 0 Å². The van der Waals surface area contributed by atoms with Gasteiger partial charge in [0.2, 0.25) is 0 Å². The van der Waals surface area contributed by atoms with Gasteiger partial charge >= 0.3 is 5.97 Å². The molecule has 166 valence electrons. The van der Waals surface area contributed by atoms with Crippen LogP contribution in [0.5, 0.6) is 0 Å². The van der Waals surface area contributed by atoms with E-state index in [1.807, 2.05) is 30.5 Å². The molecule has 1 aromatic carbocycles. The van der Waals surface area contributed by atoms with E-state index in [4.69, 9.17) is 5.11 Å². The van der Waals surface area contributed by atoms with Crippen molar-refractivity contribution < 1.29 is 14.7 Å². The number of aromatic carboxylic acids is 1. The first-order valence-electron chi connectivity index (χ1n) is 10.1. The molecule has 0 radical (unpaired) electrons. The van der Waals surface area contributed by atoms with E-state index in [9.17, 15) is 9.59 Å². The molecule has 0 aliphatic carbocycles. The molecule has 0 spiro atoms. The van der Waals surface area contributed by atoms with Gasteiger partial charge in [0, 0.05) is 22.7 Å². The molecule has 9 nitrogen and oxygen atoms in total. The van der Waals surface area contributed by atoms with Gasteiger partial charge in [-0.05, 0) is 56.3 Å². The highest BCUT2D eigenvalue weighted by molar-refractivity contribution is 7.99. The number of anilines is 1. The summed E-state index contributed by atoms with van der Waals surface area (Å²) < 4.78 is 1.91. The number of carboxylic acid groups (broad SMARTS) is 1. The van der Waals surface area contributed by atoms with Gasteiger partial charge in [0.05, 0.1) is 5.56 Å². The van der Waals surface area contributed by atoms with E-state index < -0.39 is 5.97 Å². The predicted molar refractivity (Wildman–Crippen MR) is 123 cm³/mol. The molecule has 0 saturated carbocycles. The van der Waals surface area contributed by atoms with Gasteiger partial charge in [0.1, 0.15) is 22.9 Å². The lowest BCUT2D eigenvalue weighted by Crippen LogP contribution is -2.13. The van der Waals surface area contributed by atoms with E-state index in [-0.39, 0.29) is 17.5 Å².